The van der Waals surface area contributed by atoms with Crippen LogP contribution in [0, 0.1) is 5.82 Å². The first-order valence-electron chi connectivity index (χ1n) is 6.44. The second kappa shape index (κ2) is 6.63. The highest BCUT2D eigenvalue weighted by molar-refractivity contribution is 5.78. The summed E-state index contributed by atoms with van der Waals surface area (Å²) in [5, 5.41) is 3.31. The predicted octanol–water partition coefficient (Wildman–Crippen LogP) is 0.815. The smallest absolute Gasteiger partial charge is 0.226 e. The summed E-state index contributed by atoms with van der Waals surface area (Å²) in [6, 6.07) is 6.22. The Hall–Kier alpha value is -1.46. The molecule has 4 nitrogen and oxygen atoms in total. The van der Waals surface area contributed by atoms with E-state index in [-0.39, 0.29) is 17.8 Å². The monoisotopic (exact) mass is 266 g/mol. The van der Waals surface area contributed by atoms with E-state index in [1.54, 1.807) is 24.1 Å². The lowest BCUT2D eigenvalue weighted by molar-refractivity contribution is -0.129. The van der Waals surface area contributed by atoms with Crippen LogP contribution >= 0.6 is 0 Å². The molecule has 2 rings (SSSR count). The number of carbonyl (C=O) groups is 1. The number of morpholine rings is 1. The van der Waals surface area contributed by atoms with Crippen molar-refractivity contribution in [1.82, 2.24) is 10.2 Å². The molecular weight excluding hydrogens is 247 g/mol. The second-order valence-corrected chi connectivity index (χ2v) is 4.80. The number of rotatable bonds is 4. The van der Waals surface area contributed by atoms with Crippen molar-refractivity contribution in [2.24, 2.45) is 0 Å². The second-order valence-electron chi connectivity index (χ2n) is 4.80. The summed E-state index contributed by atoms with van der Waals surface area (Å²) in [7, 11) is 1.78. The third-order valence-electron chi connectivity index (χ3n) is 3.19. The molecule has 0 saturated carbocycles. The molecule has 0 spiro atoms. The highest BCUT2D eigenvalue weighted by Crippen LogP contribution is 2.06. The fourth-order valence-corrected chi connectivity index (χ4v) is 2.08. The molecule has 1 aliphatic heterocycles. The summed E-state index contributed by atoms with van der Waals surface area (Å²) < 4.78 is 18.1. The van der Waals surface area contributed by atoms with Gasteiger partial charge in [-0.2, -0.15) is 0 Å². The normalized spacial score (nSPS) is 19.2. The van der Waals surface area contributed by atoms with Crippen molar-refractivity contribution in [1.29, 1.82) is 0 Å². The van der Waals surface area contributed by atoms with E-state index in [0.717, 1.165) is 18.7 Å². The van der Waals surface area contributed by atoms with Gasteiger partial charge < -0.3 is 15.0 Å². The van der Waals surface area contributed by atoms with Crippen LogP contribution in [0.2, 0.25) is 0 Å². The molecule has 1 heterocycles. The third kappa shape index (κ3) is 4.29. The van der Waals surface area contributed by atoms with E-state index in [1.807, 2.05) is 0 Å². The van der Waals surface area contributed by atoms with Crippen molar-refractivity contribution in [2.45, 2.75) is 12.5 Å². The van der Waals surface area contributed by atoms with Gasteiger partial charge in [0.15, 0.2) is 0 Å². The van der Waals surface area contributed by atoms with Gasteiger partial charge in [0.1, 0.15) is 5.82 Å². The van der Waals surface area contributed by atoms with Crippen LogP contribution in [0.15, 0.2) is 24.3 Å². The number of nitrogens with one attached hydrogen (secondary N) is 1. The van der Waals surface area contributed by atoms with Crippen molar-refractivity contribution < 1.29 is 13.9 Å². The quantitative estimate of drug-likeness (QED) is 0.877. The van der Waals surface area contributed by atoms with Crippen LogP contribution in [0.3, 0.4) is 0 Å². The first-order valence-corrected chi connectivity index (χ1v) is 6.44. The Morgan fingerprint density at radius 3 is 2.84 bits per heavy atom. The Kier molecular flexibility index (Phi) is 4.87. The number of likely N-dealkylation sites (N-methyl/N-ethyl adjacent to an activating group) is 1. The zero-order valence-electron chi connectivity index (χ0n) is 11.1. The predicted molar refractivity (Wildman–Crippen MR) is 70.4 cm³/mol. The molecule has 1 aromatic rings. The summed E-state index contributed by atoms with van der Waals surface area (Å²) >= 11 is 0. The van der Waals surface area contributed by atoms with Crippen molar-refractivity contribution in [3.63, 3.8) is 0 Å². The van der Waals surface area contributed by atoms with Crippen LogP contribution in [-0.2, 0) is 16.0 Å². The summed E-state index contributed by atoms with van der Waals surface area (Å²) in [5.74, 6) is -0.257. The molecule has 1 aromatic carbocycles. The van der Waals surface area contributed by atoms with Gasteiger partial charge in [0.05, 0.1) is 19.6 Å². The van der Waals surface area contributed by atoms with Crippen molar-refractivity contribution in [3.8, 4) is 0 Å². The summed E-state index contributed by atoms with van der Waals surface area (Å²) in [5.41, 5.74) is 0.825. The average Bonchev–Trinajstić information content (AvgIpc) is 2.42. The first-order chi connectivity index (χ1) is 9.15. The molecule has 104 valence electrons. The average molecular weight is 266 g/mol. The van der Waals surface area contributed by atoms with Gasteiger partial charge >= 0.3 is 0 Å². The fraction of sp³-hybridized carbons (Fsp3) is 0.500. The van der Waals surface area contributed by atoms with E-state index >= 15 is 0 Å². The summed E-state index contributed by atoms with van der Waals surface area (Å²) in [6.07, 6.45) is 0.296. The number of amides is 1. The third-order valence-corrected chi connectivity index (χ3v) is 3.19. The molecular formula is C14H19FN2O2. The van der Waals surface area contributed by atoms with Gasteiger partial charge in [-0.1, -0.05) is 12.1 Å². The number of carbonyl (C=O) groups excluding carboxylic acids is 1. The Morgan fingerprint density at radius 2 is 2.21 bits per heavy atom. The lowest BCUT2D eigenvalue weighted by Crippen LogP contribution is -2.49. The zero-order valence-corrected chi connectivity index (χ0v) is 11.1. The van der Waals surface area contributed by atoms with E-state index < -0.39 is 0 Å². The molecule has 1 saturated heterocycles. The highest BCUT2D eigenvalue weighted by Gasteiger charge is 2.18. The molecule has 1 unspecified atom stereocenters. The van der Waals surface area contributed by atoms with E-state index in [1.165, 1.54) is 12.1 Å². The molecule has 1 fully saturated rings. The standard InChI is InChI=1S/C14H19FN2O2/c1-17(9-13-10-19-7-6-16-13)14(18)8-11-2-4-12(15)5-3-11/h2-5,13,16H,6-10H2,1H3. The fourth-order valence-electron chi connectivity index (χ4n) is 2.08. The SMILES string of the molecule is CN(CC1COCCN1)C(=O)Cc1ccc(F)cc1. The lowest BCUT2D eigenvalue weighted by atomic mass is 10.1. The molecule has 0 radical (unpaired) electrons. The maximum Gasteiger partial charge on any atom is 0.226 e. The lowest BCUT2D eigenvalue weighted by Gasteiger charge is -2.28. The van der Waals surface area contributed by atoms with Crippen molar-refractivity contribution in [3.05, 3.63) is 35.6 Å². The van der Waals surface area contributed by atoms with E-state index in [9.17, 15) is 9.18 Å². The number of nitrogens with zero attached hydrogens (tertiary/aromatic N) is 1. The topological polar surface area (TPSA) is 41.6 Å². The van der Waals surface area contributed by atoms with Gasteiger partial charge in [-0.05, 0) is 17.7 Å². The van der Waals surface area contributed by atoms with Gasteiger partial charge in [-0.15, -0.1) is 0 Å². The largest absolute Gasteiger partial charge is 0.378 e. The summed E-state index contributed by atoms with van der Waals surface area (Å²) in [4.78, 5) is 13.7. The van der Waals surface area contributed by atoms with E-state index in [0.29, 0.717) is 19.6 Å². The maximum atomic E-state index is 12.8. The number of hydrogen-bond acceptors (Lipinski definition) is 3. The minimum Gasteiger partial charge on any atom is -0.378 e. The van der Waals surface area contributed by atoms with Gasteiger partial charge in [-0.3, -0.25) is 4.79 Å². The molecule has 0 aliphatic carbocycles. The number of ether oxygens (including phenoxy) is 1. The molecule has 1 N–H and O–H groups in total. The van der Waals surface area contributed by atoms with Gasteiger partial charge in [0, 0.05) is 26.2 Å². The molecule has 0 bridgehead atoms. The molecule has 5 heteroatoms. The number of hydrogen-bond donors (Lipinski definition) is 1. The number of benzene rings is 1. The van der Waals surface area contributed by atoms with Crippen LogP contribution in [0.1, 0.15) is 5.56 Å². The Labute approximate surface area is 112 Å². The molecule has 1 aliphatic rings. The van der Waals surface area contributed by atoms with Crippen LogP contribution in [0.25, 0.3) is 0 Å². The summed E-state index contributed by atoms with van der Waals surface area (Å²) in [6.45, 7) is 2.81. The van der Waals surface area contributed by atoms with Gasteiger partial charge in [-0.25, -0.2) is 4.39 Å². The van der Waals surface area contributed by atoms with Crippen LogP contribution in [0.4, 0.5) is 4.39 Å². The Balaban J connectivity index is 1.83. The van der Waals surface area contributed by atoms with Crippen molar-refractivity contribution in [2.75, 3.05) is 33.4 Å². The van der Waals surface area contributed by atoms with E-state index in [2.05, 4.69) is 5.32 Å². The molecule has 1 amide bonds. The zero-order chi connectivity index (χ0) is 13.7. The minimum atomic E-state index is -0.284. The van der Waals surface area contributed by atoms with Crippen LogP contribution in [0.5, 0.6) is 0 Å². The van der Waals surface area contributed by atoms with E-state index in [4.69, 9.17) is 4.74 Å². The Morgan fingerprint density at radius 1 is 1.47 bits per heavy atom. The van der Waals surface area contributed by atoms with Gasteiger partial charge in [0.2, 0.25) is 5.91 Å². The van der Waals surface area contributed by atoms with Crippen LogP contribution < -0.4 is 5.32 Å². The Bertz CT molecular complexity index is 416. The van der Waals surface area contributed by atoms with Crippen molar-refractivity contribution >= 4 is 5.91 Å². The molecule has 19 heavy (non-hydrogen) atoms. The molecule has 0 aromatic heterocycles. The van der Waals surface area contributed by atoms with Crippen LogP contribution in [-0.4, -0.2) is 50.2 Å². The highest BCUT2D eigenvalue weighted by atomic mass is 19.1. The minimum absolute atomic E-state index is 0.0268. The van der Waals surface area contributed by atoms with Gasteiger partial charge in [0.25, 0.3) is 0 Å². The molecule has 1 atom stereocenters. The maximum absolute atomic E-state index is 12.8. The first kappa shape index (κ1) is 14.0. The number of halogens is 1.